The molecule has 0 aliphatic heterocycles. The van der Waals surface area contributed by atoms with Gasteiger partial charge in [0, 0.05) is 6.42 Å². The molecule has 104 valence electrons. The standard InChI is InChI=1S/C12H12F3NO3/c1-19-10(17)9(16-11(18)12(13,14)15)7-8-5-3-2-4-6-8/h2-6,9H,7H2,1H3,(H,16,18)/t9-/m0/s1. The molecule has 1 atom stereocenters. The normalized spacial score (nSPS) is 12.6. The predicted molar refractivity (Wildman–Crippen MR) is 60.1 cm³/mol. The van der Waals surface area contributed by atoms with Crippen LogP contribution in [0.5, 0.6) is 0 Å². The van der Waals surface area contributed by atoms with Gasteiger partial charge < -0.3 is 10.1 Å². The van der Waals surface area contributed by atoms with Crippen LogP contribution in [-0.4, -0.2) is 31.2 Å². The van der Waals surface area contributed by atoms with E-state index in [1.54, 1.807) is 35.6 Å². The molecule has 0 bridgehead atoms. The first-order valence-electron chi connectivity index (χ1n) is 5.34. The van der Waals surface area contributed by atoms with Crippen LogP contribution in [0.2, 0.25) is 0 Å². The van der Waals surface area contributed by atoms with Crippen LogP contribution < -0.4 is 5.32 Å². The van der Waals surface area contributed by atoms with E-state index in [0.717, 1.165) is 7.11 Å². The molecule has 0 saturated carbocycles. The smallest absolute Gasteiger partial charge is 0.467 e. The van der Waals surface area contributed by atoms with Gasteiger partial charge in [-0.1, -0.05) is 30.3 Å². The van der Waals surface area contributed by atoms with Crippen LogP contribution in [0.25, 0.3) is 0 Å². The number of rotatable bonds is 4. The van der Waals surface area contributed by atoms with E-state index in [9.17, 15) is 22.8 Å². The van der Waals surface area contributed by atoms with Gasteiger partial charge >= 0.3 is 18.1 Å². The van der Waals surface area contributed by atoms with Crippen molar-refractivity contribution in [2.24, 2.45) is 0 Å². The van der Waals surface area contributed by atoms with Gasteiger partial charge in [0.2, 0.25) is 0 Å². The molecule has 0 heterocycles. The summed E-state index contributed by atoms with van der Waals surface area (Å²) in [5.74, 6) is -3.10. The zero-order chi connectivity index (χ0) is 14.5. The van der Waals surface area contributed by atoms with Crippen LogP contribution >= 0.6 is 0 Å². The SMILES string of the molecule is COC(=O)[C@H](Cc1ccccc1)NC(=O)C(F)(F)F. The Labute approximate surface area is 107 Å². The van der Waals surface area contributed by atoms with Crippen LogP contribution in [0.4, 0.5) is 13.2 Å². The molecule has 0 radical (unpaired) electrons. The Balaban J connectivity index is 2.79. The molecule has 0 unspecified atom stereocenters. The highest BCUT2D eigenvalue weighted by Crippen LogP contribution is 2.15. The topological polar surface area (TPSA) is 55.4 Å². The number of benzene rings is 1. The first-order chi connectivity index (χ1) is 8.84. The maximum atomic E-state index is 12.2. The molecule has 1 aromatic carbocycles. The molecule has 1 N–H and O–H groups in total. The number of ether oxygens (including phenoxy) is 1. The minimum Gasteiger partial charge on any atom is -0.467 e. The van der Waals surface area contributed by atoms with Gasteiger partial charge in [-0.15, -0.1) is 0 Å². The fraction of sp³-hybridized carbons (Fsp3) is 0.333. The van der Waals surface area contributed by atoms with Crippen molar-refractivity contribution < 1.29 is 27.5 Å². The van der Waals surface area contributed by atoms with E-state index in [2.05, 4.69) is 4.74 Å². The van der Waals surface area contributed by atoms with Crippen LogP contribution in [0.1, 0.15) is 5.56 Å². The third-order valence-corrected chi connectivity index (χ3v) is 2.33. The summed E-state index contributed by atoms with van der Waals surface area (Å²) >= 11 is 0. The van der Waals surface area contributed by atoms with Gasteiger partial charge in [0.05, 0.1) is 7.11 Å². The van der Waals surface area contributed by atoms with Gasteiger partial charge in [0.1, 0.15) is 6.04 Å². The summed E-state index contributed by atoms with van der Waals surface area (Å²) in [5, 5.41) is 1.62. The van der Waals surface area contributed by atoms with Crippen LogP contribution in [0.3, 0.4) is 0 Å². The maximum Gasteiger partial charge on any atom is 0.471 e. The van der Waals surface area contributed by atoms with Crippen molar-refractivity contribution in [3.8, 4) is 0 Å². The van der Waals surface area contributed by atoms with E-state index in [1.807, 2.05) is 0 Å². The van der Waals surface area contributed by atoms with E-state index in [0.29, 0.717) is 5.56 Å². The molecule has 0 fully saturated rings. The monoisotopic (exact) mass is 275 g/mol. The minimum atomic E-state index is -5.04. The van der Waals surface area contributed by atoms with E-state index in [-0.39, 0.29) is 6.42 Å². The molecule has 4 nitrogen and oxygen atoms in total. The molecule has 1 aromatic rings. The Morgan fingerprint density at radius 2 is 1.84 bits per heavy atom. The largest absolute Gasteiger partial charge is 0.471 e. The van der Waals surface area contributed by atoms with E-state index in [4.69, 9.17) is 0 Å². The van der Waals surface area contributed by atoms with Gasteiger partial charge in [0.15, 0.2) is 0 Å². The highest BCUT2D eigenvalue weighted by atomic mass is 19.4. The van der Waals surface area contributed by atoms with Crippen molar-refractivity contribution >= 4 is 11.9 Å². The molecule has 1 rings (SSSR count). The number of amides is 1. The molecule has 0 aliphatic carbocycles. The number of hydrogen-bond acceptors (Lipinski definition) is 3. The Hall–Kier alpha value is -2.05. The van der Waals surface area contributed by atoms with Gasteiger partial charge in [0.25, 0.3) is 0 Å². The maximum absolute atomic E-state index is 12.2. The summed E-state index contributed by atoms with van der Waals surface area (Å²) in [5.41, 5.74) is 0.611. The molecule has 19 heavy (non-hydrogen) atoms. The summed E-state index contributed by atoms with van der Waals surface area (Å²) < 4.78 is 40.8. The first-order valence-corrected chi connectivity index (χ1v) is 5.34. The molecule has 7 heteroatoms. The Kier molecular flexibility index (Phi) is 4.91. The highest BCUT2D eigenvalue weighted by molar-refractivity contribution is 5.87. The molecular formula is C12H12F3NO3. The second-order valence-electron chi connectivity index (χ2n) is 3.74. The zero-order valence-corrected chi connectivity index (χ0v) is 10.0. The molecule has 0 spiro atoms. The summed E-state index contributed by atoms with van der Waals surface area (Å²) in [6.45, 7) is 0. The van der Waals surface area contributed by atoms with Crippen molar-refractivity contribution in [3.63, 3.8) is 0 Å². The Bertz CT molecular complexity index is 445. The fourth-order valence-corrected chi connectivity index (χ4v) is 1.43. The predicted octanol–water partition coefficient (Wildman–Crippen LogP) is 1.45. The zero-order valence-electron chi connectivity index (χ0n) is 10.0. The summed E-state index contributed by atoms with van der Waals surface area (Å²) in [6.07, 6.45) is -5.11. The molecule has 0 aliphatic rings. The lowest BCUT2D eigenvalue weighted by molar-refractivity contribution is -0.175. The number of carbonyl (C=O) groups is 2. The number of halogens is 3. The molecule has 1 amide bonds. The van der Waals surface area contributed by atoms with Gasteiger partial charge in [-0.2, -0.15) is 13.2 Å². The number of hydrogen-bond donors (Lipinski definition) is 1. The van der Waals surface area contributed by atoms with Gasteiger partial charge in [-0.05, 0) is 5.56 Å². The lowest BCUT2D eigenvalue weighted by atomic mass is 10.1. The quantitative estimate of drug-likeness (QED) is 0.846. The van der Waals surface area contributed by atoms with Crippen molar-refractivity contribution in [2.45, 2.75) is 18.6 Å². The Morgan fingerprint density at radius 3 is 2.32 bits per heavy atom. The summed E-state index contributed by atoms with van der Waals surface area (Å²) in [6, 6.07) is 6.97. The lowest BCUT2D eigenvalue weighted by Gasteiger charge is -2.17. The summed E-state index contributed by atoms with van der Waals surface area (Å²) in [7, 11) is 1.04. The van der Waals surface area contributed by atoms with Crippen LogP contribution in [-0.2, 0) is 20.7 Å². The number of esters is 1. The van der Waals surface area contributed by atoms with Crippen molar-refractivity contribution in [1.82, 2.24) is 5.32 Å². The Morgan fingerprint density at radius 1 is 1.26 bits per heavy atom. The average molecular weight is 275 g/mol. The average Bonchev–Trinajstić information content (AvgIpc) is 2.37. The second kappa shape index (κ2) is 6.21. The number of nitrogens with one attached hydrogen (secondary N) is 1. The number of alkyl halides is 3. The van der Waals surface area contributed by atoms with Crippen molar-refractivity contribution in [2.75, 3.05) is 7.11 Å². The summed E-state index contributed by atoms with van der Waals surface area (Å²) in [4.78, 5) is 22.2. The van der Waals surface area contributed by atoms with E-state index < -0.39 is 24.1 Å². The fourth-order valence-electron chi connectivity index (χ4n) is 1.43. The first kappa shape index (κ1) is 15.0. The number of carbonyl (C=O) groups excluding carboxylic acids is 2. The lowest BCUT2D eigenvalue weighted by Crippen LogP contribution is -2.48. The van der Waals surface area contributed by atoms with Crippen molar-refractivity contribution in [1.29, 1.82) is 0 Å². The third kappa shape index (κ3) is 4.61. The van der Waals surface area contributed by atoms with Gasteiger partial charge in [-0.25, -0.2) is 4.79 Å². The van der Waals surface area contributed by atoms with Gasteiger partial charge in [-0.3, -0.25) is 4.79 Å². The van der Waals surface area contributed by atoms with Crippen molar-refractivity contribution in [3.05, 3.63) is 35.9 Å². The van der Waals surface area contributed by atoms with E-state index >= 15 is 0 Å². The van der Waals surface area contributed by atoms with Crippen LogP contribution in [0, 0.1) is 0 Å². The van der Waals surface area contributed by atoms with Crippen LogP contribution in [0.15, 0.2) is 30.3 Å². The molecule has 0 saturated heterocycles. The minimum absolute atomic E-state index is 0.0741. The van der Waals surface area contributed by atoms with E-state index in [1.165, 1.54) is 0 Å². The highest BCUT2D eigenvalue weighted by Gasteiger charge is 2.41. The molecular weight excluding hydrogens is 263 g/mol. The second-order valence-corrected chi connectivity index (χ2v) is 3.74. The molecule has 0 aromatic heterocycles. The third-order valence-electron chi connectivity index (χ3n) is 2.33. The number of methoxy groups -OCH3 is 1.